The number of halogens is 7. The molecule has 0 unspecified atom stereocenters. The number of hydrogen-bond acceptors (Lipinski definition) is 1. The van der Waals surface area contributed by atoms with Gasteiger partial charge in [0.15, 0.2) is 23.3 Å². The Morgan fingerprint density at radius 3 is 1.83 bits per heavy atom. The second kappa shape index (κ2) is 6.45. The highest BCUT2D eigenvalue weighted by atomic mass is 35.5. The van der Waals surface area contributed by atoms with Crippen LogP contribution in [0.3, 0.4) is 0 Å². The van der Waals surface area contributed by atoms with Crippen molar-refractivity contribution in [1.29, 1.82) is 0 Å². The smallest absolute Gasteiger partial charge is 0.200 e. The Balaban J connectivity index is 2.69. The summed E-state index contributed by atoms with van der Waals surface area (Å²) in [7, 11) is 0. The Labute approximate surface area is 138 Å². The topological polar surface area (TPSA) is 12.4 Å². The molecule has 8 heteroatoms. The van der Waals surface area contributed by atoms with Crippen molar-refractivity contribution in [2.75, 3.05) is 0 Å². The highest BCUT2D eigenvalue weighted by Gasteiger charge is 2.28. The zero-order chi connectivity index (χ0) is 17.5. The molecule has 2 aromatic rings. The second-order valence-electron chi connectivity index (χ2n) is 4.76. The molecule has 0 aliphatic heterocycles. The minimum Gasteiger partial charge on any atom is -0.234 e. The van der Waals surface area contributed by atoms with Gasteiger partial charge in [0.1, 0.15) is 5.17 Å². The first-order valence-corrected chi connectivity index (χ1v) is 6.93. The van der Waals surface area contributed by atoms with Crippen molar-refractivity contribution in [1.82, 2.24) is 0 Å². The molecule has 0 radical (unpaired) electrons. The van der Waals surface area contributed by atoms with Crippen molar-refractivity contribution >= 4 is 34.1 Å². The zero-order valence-electron chi connectivity index (χ0n) is 11.7. The highest BCUT2D eigenvalue weighted by Crippen LogP contribution is 2.32. The molecule has 23 heavy (non-hydrogen) atoms. The molecule has 2 aromatic carbocycles. The van der Waals surface area contributed by atoms with Gasteiger partial charge in [-0.3, -0.25) is 0 Å². The van der Waals surface area contributed by atoms with E-state index in [1.807, 2.05) is 0 Å². The van der Waals surface area contributed by atoms with Crippen LogP contribution in [-0.2, 0) is 0 Å². The Bertz CT molecular complexity index is 781. The fourth-order valence-corrected chi connectivity index (χ4v) is 2.60. The summed E-state index contributed by atoms with van der Waals surface area (Å²) < 4.78 is 66.9. The third-order valence-corrected chi connectivity index (χ3v) is 3.59. The normalized spacial score (nSPS) is 12.0. The first-order chi connectivity index (χ1) is 10.6. The van der Waals surface area contributed by atoms with Crippen LogP contribution in [0.15, 0.2) is 17.1 Å². The number of hydrogen-bond donors (Lipinski definition) is 0. The van der Waals surface area contributed by atoms with Gasteiger partial charge in [0.05, 0.1) is 16.3 Å². The van der Waals surface area contributed by atoms with Crippen LogP contribution in [0.25, 0.3) is 0 Å². The molecule has 0 N–H and O–H groups in total. The van der Waals surface area contributed by atoms with Crippen molar-refractivity contribution in [3.05, 3.63) is 62.9 Å². The molecule has 0 saturated carbocycles. The first kappa shape index (κ1) is 17.7. The van der Waals surface area contributed by atoms with Gasteiger partial charge in [0.2, 0.25) is 5.82 Å². The Morgan fingerprint density at radius 1 is 0.870 bits per heavy atom. The molecule has 0 fully saturated rings. The molecular weight excluding hydrogens is 360 g/mol. The maximum atomic E-state index is 13.7. The molecule has 0 aromatic heterocycles. The molecule has 122 valence electrons. The van der Waals surface area contributed by atoms with Gasteiger partial charge in [-0.1, -0.05) is 29.3 Å². The lowest BCUT2D eigenvalue weighted by atomic mass is 10.1. The van der Waals surface area contributed by atoms with Crippen LogP contribution in [0, 0.1) is 42.9 Å². The molecule has 0 atom stereocenters. The molecule has 0 heterocycles. The van der Waals surface area contributed by atoms with Crippen LogP contribution >= 0.6 is 23.2 Å². The summed E-state index contributed by atoms with van der Waals surface area (Å²) in [6.45, 7) is 3.37. The third-order valence-electron chi connectivity index (χ3n) is 3.02. The number of nitrogens with zero attached hydrogens (tertiary/aromatic N) is 1. The quantitative estimate of drug-likeness (QED) is 0.268. The van der Waals surface area contributed by atoms with E-state index in [4.69, 9.17) is 23.2 Å². The molecule has 2 rings (SSSR count). The van der Waals surface area contributed by atoms with E-state index in [1.165, 1.54) is 6.07 Å². The summed E-state index contributed by atoms with van der Waals surface area (Å²) in [5.74, 6) is -10.6. The summed E-state index contributed by atoms with van der Waals surface area (Å²) in [5, 5.41) is -0.767. The summed E-state index contributed by atoms with van der Waals surface area (Å²) in [5.41, 5.74) is 0.0983. The zero-order valence-corrected chi connectivity index (χ0v) is 13.3. The number of aryl methyl sites for hydroxylation is 2. The van der Waals surface area contributed by atoms with Crippen molar-refractivity contribution in [3.63, 3.8) is 0 Å². The van der Waals surface area contributed by atoms with Crippen LogP contribution in [0.2, 0.25) is 5.02 Å². The summed E-state index contributed by atoms with van der Waals surface area (Å²) in [6.07, 6.45) is 0. The average Bonchev–Trinajstić information content (AvgIpc) is 2.47. The monoisotopic (exact) mass is 367 g/mol. The van der Waals surface area contributed by atoms with Gasteiger partial charge in [-0.15, -0.1) is 0 Å². The number of benzene rings is 2. The fraction of sp³-hybridized carbons (Fsp3) is 0.133. The lowest BCUT2D eigenvalue weighted by Crippen LogP contribution is -2.10. The van der Waals surface area contributed by atoms with Gasteiger partial charge >= 0.3 is 0 Å². The lowest BCUT2D eigenvalue weighted by molar-refractivity contribution is 0.377. The van der Waals surface area contributed by atoms with Crippen molar-refractivity contribution in [2.45, 2.75) is 13.8 Å². The Kier molecular flexibility index (Phi) is 4.96. The third kappa shape index (κ3) is 3.19. The standard InChI is InChI=1S/C15H8Cl2F5N/c1-5-3-6(2)14(7(16)4-5)23-15(17)8-9(18)11(20)13(22)12(21)10(8)19/h3-4H,1-2H3/b23-15-. The van der Waals surface area contributed by atoms with Crippen LogP contribution in [-0.4, -0.2) is 5.17 Å². The molecule has 0 bridgehead atoms. The van der Waals surface area contributed by atoms with E-state index in [2.05, 4.69) is 4.99 Å². The van der Waals surface area contributed by atoms with E-state index in [0.29, 0.717) is 5.56 Å². The van der Waals surface area contributed by atoms with Gasteiger partial charge in [0, 0.05) is 0 Å². The Morgan fingerprint density at radius 2 is 1.35 bits per heavy atom. The van der Waals surface area contributed by atoms with E-state index >= 15 is 0 Å². The minimum absolute atomic E-state index is 0.0752. The van der Waals surface area contributed by atoms with Crippen LogP contribution in [0.1, 0.15) is 16.7 Å². The van der Waals surface area contributed by atoms with E-state index in [9.17, 15) is 22.0 Å². The molecule has 0 amide bonds. The van der Waals surface area contributed by atoms with Crippen LogP contribution < -0.4 is 0 Å². The summed E-state index contributed by atoms with van der Waals surface area (Å²) in [4.78, 5) is 3.72. The molecule has 0 saturated heterocycles. The van der Waals surface area contributed by atoms with Crippen LogP contribution in [0.5, 0.6) is 0 Å². The predicted octanol–water partition coefficient (Wildman–Crippen LogP) is 5.97. The number of rotatable bonds is 2. The molecular formula is C15H8Cl2F5N. The number of aliphatic imine (C=N–C) groups is 1. The first-order valence-electron chi connectivity index (χ1n) is 6.17. The molecule has 1 nitrogen and oxygen atoms in total. The van der Waals surface area contributed by atoms with E-state index in [-0.39, 0.29) is 10.7 Å². The Hall–Kier alpha value is -1.66. The minimum atomic E-state index is -2.27. The summed E-state index contributed by atoms with van der Waals surface area (Å²) >= 11 is 11.7. The maximum absolute atomic E-state index is 13.7. The van der Waals surface area contributed by atoms with Crippen LogP contribution in [0.4, 0.5) is 27.6 Å². The van der Waals surface area contributed by atoms with Crippen molar-refractivity contribution in [3.8, 4) is 0 Å². The van der Waals surface area contributed by atoms with Gasteiger partial charge < -0.3 is 0 Å². The lowest BCUT2D eigenvalue weighted by Gasteiger charge is -2.09. The predicted molar refractivity (Wildman–Crippen MR) is 79.2 cm³/mol. The molecule has 0 aliphatic rings. The van der Waals surface area contributed by atoms with Crippen molar-refractivity contribution in [2.24, 2.45) is 4.99 Å². The molecule has 0 spiro atoms. The summed E-state index contributed by atoms with van der Waals surface area (Å²) in [6, 6.07) is 3.20. The van der Waals surface area contributed by atoms with Gasteiger partial charge in [-0.25, -0.2) is 26.9 Å². The fourth-order valence-electron chi connectivity index (χ4n) is 1.99. The second-order valence-corrected chi connectivity index (χ2v) is 5.52. The van der Waals surface area contributed by atoms with Crippen molar-refractivity contribution < 1.29 is 22.0 Å². The van der Waals surface area contributed by atoms with Gasteiger partial charge in [-0.05, 0) is 31.0 Å². The largest absolute Gasteiger partial charge is 0.234 e. The SMILES string of the molecule is Cc1cc(C)c(/N=C(\Cl)c2c(F)c(F)c(F)c(F)c2F)c(Cl)c1. The highest BCUT2D eigenvalue weighted by molar-refractivity contribution is 6.70. The van der Waals surface area contributed by atoms with E-state index in [1.54, 1.807) is 19.9 Å². The van der Waals surface area contributed by atoms with Gasteiger partial charge in [-0.2, -0.15) is 0 Å². The molecule has 0 aliphatic carbocycles. The van der Waals surface area contributed by atoms with Gasteiger partial charge in [0.25, 0.3) is 0 Å². The average molecular weight is 368 g/mol. The van der Waals surface area contributed by atoms with E-state index in [0.717, 1.165) is 5.56 Å². The van der Waals surface area contributed by atoms with E-state index < -0.39 is 39.8 Å². The maximum Gasteiger partial charge on any atom is 0.200 e.